The molecular weight excluding hydrogens is 188 g/mol. The maximum atomic E-state index is 5.81. The zero-order chi connectivity index (χ0) is 11.3. The lowest BCUT2D eigenvalue weighted by Gasteiger charge is -2.31. The molecule has 1 atom stereocenters. The molecular formula is C12H26N2O. The largest absolute Gasteiger partial charge is 0.383 e. The fourth-order valence-electron chi connectivity index (χ4n) is 1.97. The summed E-state index contributed by atoms with van der Waals surface area (Å²) in [6.07, 6.45) is 3.95. The van der Waals surface area contributed by atoms with Crippen LogP contribution in [0.25, 0.3) is 0 Å². The average molecular weight is 214 g/mol. The van der Waals surface area contributed by atoms with Crippen molar-refractivity contribution in [2.45, 2.75) is 45.2 Å². The molecule has 0 amide bonds. The van der Waals surface area contributed by atoms with Crippen molar-refractivity contribution < 1.29 is 4.74 Å². The lowest BCUT2D eigenvalue weighted by molar-refractivity contribution is 0.0853. The van der Waals surface area contributed by atoms with Crippen molar-refractivity contribution in [3.63, 3.8) is 0 Å². The van der Waals surface area contributed by atoms with Gasteiger partial charge in [-0.3, -0.25) is 4.90 Å². The first-order valence-electron chi connectivity index (χ1n) is 6.13. The van der Waals surface area contributed by atoms with Gasteiger partial charge in [-0.15, -0.1) is 0 Å². The van der Waals surface area contributed by atoms with Gasteiger partial charge in [0.05, 0.1) is 6.61 Å². The van der Waals surface area contributed by atoms with Crippen molar-refractivity contribution in [3.8, 4) is 0 Å². The Morgan fingerprint density at radius 1 is 1.40 bits per heavy atom. The number of nitrogens with zero attached hydrogens (tertiary/aromatic N) is 1. The summed E-state index contributed by atoms with van der Waals surface area (Å²) >= 11 is 0. The Labute approximate surface area is 94.0 Å². The van der Waals surface area contributed by atoms with Gasteiger partial charge in [0.2, 0.25) is 0 Å². The van der Waals surface area contributed by atoms with Gasteiger partial charge in [-0.05, 0) is 31.7 Å². The Bertz CT molecular complexity index is 169. The van der Waals surface area contributed by atoms with E-state index in [1.807, 2.05) is 0 Å². The molecule has 1 aliphatic rings. The summed E-state index contributed by atoms with van der Waals surface area (Å²) in [6, 6.07) is 1.20. The molecule has 0 bridgehead atoms. The van der Waals surface area contributed by atoms with Crippen LogP contribution in [-0.2, 0) is 4.74 Å². The third kappa shape index (κ3) is 4.49. The fraction of sp³-hybridized carbons (Fsp3) is 1.00. The van der Waals surface area contributed by atoms with Crippen molar-refractivity contribution in [2.24, 2.45) is 11.7 Å². The topological polar surface area (TPSA) is 38.5 Å². The second-order valence-corrected chi connectivity index (χ2v) is 5.00. The van der Waals surface area contributed by atoms with Gasteiger partial charge in [0.1, 0.15) is 0 Å². The molecule has 0 radical (unpaired) electrons. The van der Waals surface area contributed by atoms with Crippen molar-refractivity contribution in [2.75, 3.05) is 26.8 Å². The highest BCUT2D eigenvalue weighted by molar-refractivity contribution is 4.89. The SMILES string of the molecule is COCC(CN)N(CCC(C)C)C1CC1. The van der Waals surface area contributed by atoms with Gasteiger partial charge in [-0.2, -0.15) is 0 Å². The molecule has 3 nitrogen and oxygen atoms in total. The summed E-state index contributed by atoms with van der Waals surface area (Å²) in [5, 5.41) is 0. The fourth-order valence-corrected chi connectivity index (χ4v) is 1.97. The van der Waals surface area contributed by atoms with Gasteiger partial charge in [-0.1, -0.05) is 13.8 Å². The van der Waals surface area contributed by atoms with Crippen LogP contribution in [0.15, 0.2) is 0 Å². The molecule has 1 fully saturated rings. The van der Waals surface area contributed by atoms with E-state index in [0.29, 0.717) is 12.6 Å². The predicted molar refractivity (Wildman–Crippen MR) is 63.9 cm³/mol. The smallest absolute Gasteiger partial charge is 0.0630 e. The van der Waals surface area contributed by atoms with Crippen molar-refractivity contribution in [1.29, 1.82) is 0 Å². The quantitative estimate of drug-likeness (QED) is 0.665. The van der Waals surface area contributed by atoms with Gasteiger partial charge in [0.15, 0.2) is 0 Å². The molecule has 3 heteroatoms. The van der Waals surface area contributed by atoms with Crippen LogP contribution in [0.3, 0.4) is 0 Å². The molecule has 90 valence electrons. The van der Waals surface area contributed by atoms with Gasteiger partial charge < -0.3 is 10.5 Å². The lowest BCUT2D eigenvalue weighted by atomic mass is 10.1. The van der Waals surface area contributed by atoms with E-state index in [0.717, 1.165) is 18.6 Å². The van der Waals surface area contributed by atoms with Gasteiger partial charge in [0.25, 0.3) is 0 Å². The molecule has 2 N–H and O–H groups in total. The number of nitrogens with two attached hydrogens (primary N) is 1. The van der Waals surface area contributed by atoms with Gasteiger partial charge >= 0.3 is 0 Å². The van der Waals surface area contributed by atoms with E-state index < -0.39 is 0 Å². The molecule has 0 aromatic heterocycles. The van der Waals surface area contributed by atoms with E-state index in [9.17, 15) is 0 Å². The third-order valence-electron chi connectivity index (χ3n) is 3.08. The van der Waals surface area contributed by atoms with E-state index in [4.69, 9.17) is 10.5 Å². The minimum absolute atomic E-state index is 0.418. The number of rotatable bonds is 8. The highest BCUT2D eigenvalue weighted by Crippen LogP contribution is 2.29. The molecule has 0 heterocycles. The molecule has 0 aromatic carbocycles. The number of hydrogen-bond donors (Lipinski definition) is 1. The van der Waals surface area contributed by atoms with Crippen molar-refractivity contribution in [3.05, 3.63) is 0 Å². The van der Waals surface area contributed by atoms with Crippen molar-refractivity contribution in [1.82, 2.24) is 4.90 Å². The number of hydrogen-bond acceptors (Lipinski definition) is 3. The maximum absolute atomic E-state index is 5.81. The second-order valence-electron chi connectivity index (χ2n) is 5.00. The minimum atomic E-state index is 0.418. The molecule has 1 unspecified atom stereocenters. The predicted octanol–water partition coefficient (Wildman–Crippen LogP) is 1.47. The Hall–Kier alpha value is -0.120. The van der Waals surface area contributed by atoms with Crippen LogP contribution in [0.1, 0.15) is 33.1 Å². The van der Waals surface area contributed by atoms with Crippen LogP contribution in [0.2, 0.25) is 0 Å². The zero-order valence-electron chi connectivity index (χ0n) is 10.4. The molecule has 0 saturated heterocycles. The van der Waals surface area contributed by atoms with Gasteiger partial charge in [-0.25, -0.2) is 0 Å². The zero-order valence-corrected chi connectivity index (χ0v) is 10.4. The summed E-state index contributed by atoms with van der Waals surface area (Å²) in [7, 11) is 1.76. The summed E-state index contributed by atoms with van der Waals surface area (Å²) in [5.41, 5.74) is 5.81. The third-order valence-corrected chi connectivity index (χ3v) is 3.08. The second kappa shape index (κ2) is 6.46. The lowest BCUT2D eigenvalue weighted by Crippen LogP contribution is -2.45. The Kier molecular flexibility index (Phi) is 5.58. The van der Waals surface area contributed by atoms with E-state index >= 15 is 0 Å². The summed E-state index contributed by atoms with van der Waals surface area (Å²) in [6.45, 7) is 7.21. The summed E-state index contributed by atoms with van der Waals surface area (Å²) in [5.74, 6) is 0.771. The van der Waals surface area contributed by atoms with Crippen LogP contribution in [0, 0.1) is 5.92 Å². The Morgan fingerprint density at radius 3 is 2.47 bits per heavy atom. The highest BCUT2D eigenvalue weighted by atomic mass is 16.5. The van der Waals surface area contributed by atoms with Crippen LogP contribution < -0.4 is 5.73 Å². The van der Waals surface area contributed by atoms with E-state index in [1.165, 1.54) is 25.8 Å². The molecule has 0 spiro atoms. The first kappa shape index (κ1) is 12.9. The van der Waals surface area contributed by atoms with Gasteiger partial charge in [0, 0.05) is 25.7 Å². The molecule has 1 rings (SSSR count). The Balaban J connectivity index is 2.39. The van der Waals surface area contributed by atoms with Crippen LogP contribution in [-0.4, -0.2) is 43.8 Å². The van der Waals surface area contributed by atoms with Crippen LogP contribution in [0.5, 0.6) is 0 Å². The first-order valence-corrected chi connectivity index (χ1v) is 6.13. The number of ether oxygens (including phenoxy) is 1. The van der Waals surface area contributed by atoms with Crippen LogP contribution >= 0.6 is 0 Å². The monoisotopic (exact) mass is 214 g/mol. The molecule has 15 heavy (non-hydrogen) atoms. The Morgan fingerprint density at radius 2 is 2.07 bits per heavy atom. The highest BCUT2D eigenvalue weighted by Gasteiger charge is 2.32. The summed E-state index contributed by atoms with van der Waals surface area (Å²) in [4.78, 5) is 2.56. The van der Waals surface area contributed by atoms with Crippen LogP contribution in [0.4, 0.5) is 0 Å². The molecule has 0 aliphatic heterocycles. The minimum Gasteiger partial charge on any atom is -0.383 e. The normalized spacial score (nSPS) is 18.8. The first-order chi connectivity index (χ1) is 7.19. The maximum Gasteiger partial charge on any atom is 0.0630 e. The molecule has 1 aliphatic carbocycles. The van der Waals surface area contributed by atoms with E-state index in [2.05, 4.69) is 18.7 Å². The van der Waals surface area contributed by atoms with Crippen molar-refractivity contribution >= 4 is 0 Å². The standard InChI is InChI=1S/C12H26N2O/c1-10(2)6-7-14(11-4-5-11)12(8-13)9-15-3/h10-12H,4-9,13H2,1-3H3. The summed E-state index contributed by atoms with van der Waals surface area (Å²) < 4.78 is 5.24. The van der Waals surface area contributed by atoms with E-state index in [-0.39, 0.29) is 0 Å². The van der Waals surface area contributed by atoms with E-state index in [1.54, 1.807) is 7.11 Å². The molecule has 1 saturated carbocycles. The number of methoxy groups -OCH3 is 1. The average Bonchev–Trinajstić information content (AvgIpc) is 3.00. The molecule has 0 aromatic rings.